The van der Waals surface area contributed by atoms with Crippen LogP contribution in [0.15, 0.2) is 36.5 Å². The Morgan fingerprint density at radius 3 is 2.32 bits per heavy atom. The van der Waals surface area contributed by atoms with Gasteiger partial charge in [0.1, 0.15) is 5.82 Å². The average molecular weight is 339 g/mol. The van der Waals surface area contributed by atoms with Gasteiger partial charge in [0.15, 0.2) is 0 Å². The van der Waals surface area contributed by atoms with E-state index in [1.807, 2.05) is 25.1 Å². The van der Waals surface area contributed by atoms with Gasteiger partial charge in [0.2, 0.25) is 0 Å². The summed E-state index contributed by atoms with van der Waals surface area (Å²) < 4.78 is 14.5. The van der Waals surface area contributed by atoms with Crippen LogP contribution >= 0.6 is 0 Å². The van der Waals surface area contributed by atoms with Gasteiger partial charge in [-0.3, -0.25) is 4.98 Å². The van der Waals surface area contributed by atoms with Crippen molar-refractivity contribution >= 4 is 0 Å². The number of rotatable bonds is 6. The van der Waals surface area contributed by atoms with Crippen LogP contribution in [0.1, 0.15) is 63.0 Å². The number of benzene rings is 1. The second-order valence-corrected chi connectivity index (χ2v) is 7.75. The SMILES string of the molecule is CCC[C@H]1CC[C@H](CCc2ccc(-c3ccc(C)cn3)c(F)c2)CC1. The number of aryl methyl sites for hydroxylation is 2. The van der Waals surface area contributed by atoms with Crippen LogP contribution in [0.3, 0.4) is 0 Å². The van der Waals surface area contributed by atoms with Gasteiger partial charge in [0.05, 0.1) is 5.69 Å². The zero-order valence-electron chi connectivity index (χ0n) is 15.6. The van der Waals surface area contributed by atoms with Crippen molar-refractivity contribution in [1.82, 2.24) is 4.98 Å². The van der Waals surface area contributed by atoms with Gasteiger partial charge in [-0.05, 0) is 60.9 Å². The topological polar surface area (TPSA) is 12.9 Å². The molecule has 2 heteroatoms. The van der Waals surface area contributed by atoms with Crippen molar-refractivity contribution in [2.24, 2.45) is 11.8 Å². The molecule has 3 rings (SSSR count). The molecule has 0 aliphatic heterocycles. The van der Waals surface area contributed by atoms with Crippen molar-refractivity contribution in [3.63, 3.8) is 0 Å². The number of hydrogen-bond donors (Lipinski definition) is 0. The van der Waals surface area contributed by atoms with Crippen molar-refractivity contribution in [2.45, 2.75) is 65.2 Å². The lowest BCUT2D eigenvalue weighted by Gasteiger charge is -2.28. The lowest BCUT2D eigenvalue weighted by atomic mass is 9.78. The van der Waals surface area contributed by atoms with E-state index in [-0.39, 0.29) is 5.82 Å². The molecular formula is C23H30FN. The Bertz CT molecular complexity index is 669. The van der Waals surface area contributed by atoms with Crippen molar-refractivity contribution in [2.75, 3.05) is 0 Å². The summed E-state index contributed by atoms with van der Waals surface area (Å²) in [6, 6.07) is 9.54. The molecule has 1 aliphatic carbocycles. The second-order valence-electron chi connectivity index (χ2n) is 7.75. The van der Waals surface area contributed by atoms with E-state index in [9.17, 15) is 4.39 Å². The molecule has 0 saturated heterocycles. The van der Waals surface area contributed by atoms with Crippen LogP contribution in [-0.2, 0) is 6.42 Å². The molecule has 1 fully saturated rings. The summed E-state index contributed by atoms with van der Waals surface area (Å²) in [5, 5.41) is 0. The number of aromatic nitrogens is 1. The maximum Gasteiger partial charge on any atom is 0.132 e. The van der Waals surface area contributed by atoms with Crippen molar-refractivity contribution < 1.29 is 4.39 Å². The molecule has 1 aliphatic rings. The summed E-state index contributed by atoms with van der Waals surface area (Å²) in [6.45, 7) is 4.28. The summed E-state index contributed by atoms with van der Waals surface area (Å²) in [5.41, 5.74) is 3.52. The van der Waals surface area contributed by atoms with Crippen molar-refractivity contribution in [3.8, 4) is 11.3 Å². The Morgan fingerprint density at radius 1 is 1.00 bits per heavy atom. The molecular weight excluding hydrogens is 309 g/mol. The largest absolute Gasteiger partial charge is 0.256 e. The molecule has 1 saturated carbocycles. The van der Waals surface area contributed by atoms with Crippen LogP contribution in [0.25, 0.3) is 11.3 Å². The third-order valence-electron chi connectivity index (χ3n) is 5.73. The molecule has 134 valence electrons. The minimum Gasteiger partial charge on any atom is -0.256 e. The van der Waals surface area contributed by atoms with Crippen LogP contribution < -0.4 is 0 Å². The fraction of sp³-hybridized carbons (Fsp3) is 0.522. The summed E-state index contributed by atoms with van der Waals surface area (Å²) in [5.74, 6) is 1.63. The normalized spacial score (nSPS) is 20.6. The fourth-order valence-corrected chi connectivity index (χ4v) is 4.14. The molecule has 0 atom stereocenters. The monoisotopic (exact) mass is 339 g/mol. The quantitative estimate of drug-likeness (QED) is 0.568. The smallest absolute Gasteiger partial charge is 0.132 e. The summed E-state index contributed by atoms with van der Waals surface area (Å²) >= 11 is 0. The van der Waals surface area contributed by atoms with E-state index < -0.39 is 0 Å². The Balaban J connectivity index is 1.56. The highest BCUT2D eigenvalue weighted by Crippen LogP contribution is 2.34. The van der Waals surface area contributed by atoms with Gasteiger partial charge in [-0.1, -0.05) is 57.6 Å². The molecule has 2 aromatic rings. The zero-order chi connectivity index (χ0) is 17.6. The third kappa shape index (κ3) is 4.90. The molecule has 0 bridgehead atoms. The first-order chi connectivity index (χ1) is 12.2. The predicted molar refractivity (Wildman–Crippen MR) is 103 cm³/mol. The van der Waals surface area contributed by atoms with Gasteiger partial charge in [0, 0.05) is 11.8 Å². The predicted octanol–water partition coefficient (Wildman–Crippen LogP) is 6.74. The van der Waals surface area contributed by atoms with Crippen LogP contribution in [0.5, 0.6) is 0 Å². The highest BCUT2D eigenvalue weighted by atomic mass is 19.1. The first-order valence-corrected chi connectivity index (χ1v) is 9.87. The first kappa shape index (κ1) is 18.1. The lowest BCUT2D eigenvalue weighted by Crippen LogP contribution is -2.15. The molecule has 0 N–H and O–H groups in total. The van der Waals surface area contributed by atoms with E-state index >= 15 is 0 Å². The van der Waals surface area contributed by atoms with Gasteiger partial charge in [0.25, 0.3) is 0 Å². The molecule has 25 heavy (non-hydrogen) atoms. The Kier molecular flexibility index (Phi) is 6.23. The van der Waals surface area contributed by atoms with Crippen LogP contribution in [0.4, 0.5) is 4.39 Å². The molecule has 0 radical (unpaired) electrons. The molecule has 1 heterocycles. The number of nitrogens with zero attached hydrogens (tertiary/aromatic N) is 1. The maximum absolute atomic E-state index is 14.5. The van der Waals surface area contributed by atoms with Crippen LogP contribution in [0.2, 0.25) is 0 Å². The van der Waals surface area contributed by atoms with Crippen molar-refractivity contribution in [1.29, 1.82) is 0 Å². The fourth-order valence-electron chi connectivity index (χ4n) is 4.14. The Labute approximate surface area is 151 Å². The van der Waals surface area contributed by atoms with E-state index in [1.54, 1.807) is 12.3 Å². The van der Waals surface area contributed by atoms with Gasteiger partial charge in [-0.25, -0.2) is 4.39 Å². The van der Waals surface area contributed by atoms with Gasteiger partial charge in [-0.15, -0.1) is 0 Å². The zero-order valence-corrected chi connectivity index (χ0v) is 15.6. The standard InChI is InChI=1S/C23H30FN/c1-3-4-18-6-8-19(9-7-18)10-11-20-12-13-21(22(24)15-20)23-14-5-17(2)16-25-23/h5,12-16,18-19H,3-4,6-11H2,1-2H3/t18-,19-. The summed E-state index contributed by atoms with van der Waals surface area (Å²) in [7, 11) is 0. The minimum atomic E-state index is -0.152. The van der Waals surface area contributed by atoms with E-state index in [2.05, 4.69) is 18.0 Å². The first-order valence-electron chi connectivity index (χ1n) is 9.87. The summed E-state index contributed by atoms with van der Waals surface area (Å²) in [6.07, 6.45) is 12.2. The molecule has 1 nitrogen and oxygen atoms in total. The number of pyridine rings is 1. The highest BCUT2D eigenvalue weighted by molar-refractivity contribution is 5.60. The van der Waals surface area contributed by atoms with Crippen LogP contribution in [0, 0.1) is 24.6 Å². The molecule has 0 amide bonds. The molecule has 0 unspecified atom stereocenters. The van der Waals surface area contributed by atoms with E-state index in [4.69, 9.17) is 0 Å². The summed E-state index contributed by atoms with van der Waals surface area (Å²) in [4.78, 5) is 4.34. The lowest BCUT2D eigenvalue weighted by molar-refractivity contribution is 0.252. The third-order valence-corrected chi connectivity index (χ3v) is 5.73. The minimum absolute atomic E-state index is 0.152. The van der Waals surface area contributed by atoms with Gasteiger partial charge >= 0.3 is 0 Å². The Hall–Kier alpha value is -1.70. The number of hydrogen-bond acceptors (Lipinski definition) is 1. The van der Waals surface area contributed by atoms with E-state index in [1.165, 1.54) is 44.9 Å². The molecule has 1 aromatic carbocycles. The van der Waals surface area contributed by atoms with Gasteiger partial charge < -0.3 is 0 Å². The van der Waals surface area contributed by atoms with E-state index in [0.29, 0.717) is 11.3 Å². The average Bonchev–Trinajstić information content (AvgIpc) is 2.62. The number of halogens is 1. The molecule has 1 aromatic heterocycles. The van der Waals surface area contributed by atoms with Crippen LogP contribution in [-0.4, -0.2) is 4.98 Å². The maximum atomic E-state index is 14.5. The van der Waals surface area contributed by atoms with E-state index in [0.717, 1.165) is 29.4 Å². The second kappa shape index (κ2) is 8.60. The Morgan fingerprint density at radius 2 is 1.72 bits per heavy atom. The highest BCUT2D eigenvalue weighted by Gasteiger charge is 2.20. The van der Waals surface area contributed by atoms with Gasteiger partial charge in [-0.2, -0.15) is 0 Å². The molecule has 0 spiro atoms. The van der Waals surface area contributed by atoms with Crippen molar-refractivity contribution in [3.05, 3.63) is 53.5 Å².